The molecule has 0 saturated carbocycles. The van der Waals surface area contributed by atoms with Gasteiger partial charge in [-0.1, -0.05) is 35.9 Å². The Labute approximate surface area is 173 Å². The smallest absolute Gasteiger partial charge is 0.169 e. The van der Waals surface area contributed by atoms with Crippen molar-refractivity contribution in [2.45, 2.75) is 26.4 Å². The van der Waals surface area contributed by atoms with E-state index in [2.05, 4.69) is 70.7 Å². The first-order chi connectivity index (χ1) is 13.7. The van der Waals surface area contributed by atoms with Crippen molar-refractivity contribution < 1.29 is 0 Å². The highest BCUT2D eigenvalue weighted by molar-refractivity contribution is 7.15. The van der Waals surface area contributed by atoms with Gasteiger partial charge in [0.15, 0.2) is 5.82 Å². The van der Waals surface area contributed by atoms with Crippen LogP contribution >= 0.6 is 22.7 Å². The molecule has 0 fully saturated rings. The van der Waals surface area contributed by atoms with E-state index < -0.39 is 0 Å². The Morgan fingerprint density at radius 3 is 2.75 bits per heavy atom. The average Bonchev–Trinajstić information content (AvgIpc) is 3.41. The predicted octanol–water partition coefficient (Wildman–Crippen LogP) is 5.80. The van der Waals surface area contributed by atoms with E-state index in [1.54, 1.807) is 11.3 Å². The van der Waals surface area contributed by atoms with Crippen LogP contribution in [0, 0.1) is 6.92 Å². The summed E-state index contributed by atoms with van der Waals surface area (Å²) in [6.07, 6.45) is 3.02. The Hall–Kier alpha value is -2.34. The first kappa shape index (κ1) is 17.7. The summed E-state index contributed by atoms with van der Waals surface area (Å²) in [6.45, 7) is 5.09. The third kappa shape index (κ3) is 3.65. The SMILES string of the molecule is Cc1ccc(-c2ccc(CN3CCc4nc(-c5cccs5)ncc4C3)s2)cc1. The predicted molar refractivity (Wildman–Crippen MR) is 118 cm³/mol. The highest BCUT2D eigenvalue weighted by Crippen LogP contribution is 2.30. The molecule has 0 amide bonds. The molecule has 5 rings (SSSR count). The zero-order valence-corrected chi connectivity index (χ0v) is 17.4. The summed E-state index contributed by atoms with van der Waals surface area (Å²) in [4.78, 5) is 15.8. The molecular formula is C23H21N3S2. The number of thiophene rings is 2. The maximum Gasteiger partial charge on any atom is 0.169 e. The van der Waals surface area contributed by atoms with Crippen molar-refractivity contribution in [2.75, 3.05) is 6.54 Å². The van der Waals surface area contributed by atoms with Gasteiger partial charge in [0.25, 0.3) is 0 Å². The molecule has 0 spiro atoms. The Balaban J connectivity index is 1.29. The highest BCUT2D eigenvalue weighted by atomic mass is 32.1. The number of rotatable bonds is 4. The molecular weight excluding hydrogens is 382 g/mol. The normalized spacial score (nSPS) is 14.2. The fraction of sp³-hybridized carbons (Fsp3) is 0.217. The minimum absolute atomic E-state index is 0.864. The molecule has 1 aliphatic heterocycles. The van der Waals surface area contributed by atoms with Crippen molar-refractivity contribution in [3.8, 4) is 21.1 Å². The molecule has 5 heteroatoms. The molecule has 1 aliphatic rings. The van der Waals surface area contributed by atoms with Crippen molar-refractivity contribution in [3.05, 3.63) is 81.8 Å². The largest absolute Gasteiger partial charge is 0.293 e. The molecule has 1 aromatic carbocycles. The number of aromatic nitrogens is 2. The summed E-state index contributed by atoms with van der Waals surface area (Å²) < 4.78 is 0. The van der Waals surface area contributed by atoms with Crippen LogP contribution in [0.1, 0.15) is 21.7 Å². The zero-order valence-electron chi connectivity index (χ0n) is 15.8. The molecule has 0 saturated heterocycles. The van der Waals surface area contributed by atoms with Crippen LogP contribution < -0.4 is 0 Å². The lowest BCUT2D eigenvalue weighted by Crippen LogP contribution is -2.30. The third-order valence-corrected chi connectivity index (χ3v) is 7.12. The molecule has 0 radical (unpaired) electrons. The van der Waals surface area contributed by atoms with E-state index in [0.29, 0.717) is 0 Å². The van der Waals surface area contributed by atoms with Gasteiger partial charge in [-0.3, -0.25) is 4.90 Å². The third-order valence-electron chi connectivity index (χ3n) is 5.13. The van der Waals surface area contributed by atoms with Gasteiger partial charge < -0.3 is 0 Å². The van der Waals surface area contributed by atoms with Crippen molar-refractivity contribution in [2.24, 2.45) is 0 Å². The van der Waals surface area contributed by atoms with Gasteiger partial charge in [0.2, 0.25) is 0 Å². The van der Waals surface area contributed by atoms with Gasteiger partial charge in [-0.2, -0.15) is 0 Å². The highest BCUT2D eigenvalue weighted by Gasteiger charge is 2.19. The van der Waals surface area contributed by atoms with Crippen LogP contribution in [0.2, 0.25) is 0 Å². The molecule has 0 aliphatic carbocycles. The van der Waals surface area contributed by atoms with E-state index in [0.717, 1.165) is 36.8 Å². The van der Waals surface area contributed by atoms with Crippen LogP contribution in [-0.4, -0.2) is 21.4 Å². The van der Waals surface area contributed by atoms with Gasteiger partial charge in [0.05, 0.1) is 10.6 Å². The molecule has 140 valence electrons. The molecule has 0 atom stereocenters. The van der Waals surface area contributed by atoms with Gasteiger partial charge >= 0.3 is 0 Å². The quantitative estimate of drug-likeness (QED) is 0.431. The van der Waals surface area contributed by atoms with Crippen molar-refractivity contribution >= 4 is 22.7 Å². The summed E-state index contributed by atoms with van der Waals surface area (Å²) in [7, 11) is 0. The van der Waals surface area contributed by atoms with Crippen LogP contribution in [0.5, 0.6) is 0 Å². The van der Waals surface area contributed by atoms with Gasteiger partial charge in [0, 0.05) is 47.6 Å². The number of benzene rings is 1. The number of nitrogens with zero attached hydrogens (tertiary/aromatic N) is 3. The van der Waals surface area contributed by atoms with Crippen LogP contribution in [0.25, 0.3) is 21.1 Å². The Morgan fingerprint density at radius 2 is 1.93 bits per heavy atom. The van der Waals surface area contributed by atoms with E-state index in [1.165, 1.54) is 32.1 Å². The lowest BCUT2D eigenvalue weighted by molar-refractivity contribution is 0.245. The Bertz CT molecular complexity index is 1080. The van der Waals surface area contributed by atoms with E-state index >= 15 is 0 Å². The maximum absolute atomic E-state index is 4.82. The Morgan fingerprint density at radius 1 is 1.04 bits per heavy atom. The molecule has 28 heavy (non-hydrogen) atoms. The van der Waals surface area contributed by atoms with E-state index in [1.807, 2.05) is 17.5 Å². The average molecular weight is 404 g/mol. The molecule has 4 aromatic rings. The Kier molecular flexibility index (Phi) is 4.81. The van der Waals surface area contributed by atoms with E-state index in [-0.39, 0.29) is 0 Å². The van der Waals surface area contributed by atoms with E-state index in [9.17, 15) is 0 Å². The van der Waals surface area contributed by atoms with Crippen LogP contribution in [0.15, 0.2) is 60.1 Å². The summed E-state index contributed by atoms with van der Waals surface area (Å²) >= 11 is 3.59. The molecule has 0 unspecified atom stereocenters. The maximum atomic E-state index is 4.82. The number of aryl methyl sites for hydroxylation is 1. The fourth-order valence-corrected chi connectivity index (χ4v) is 5.31. The first-order valence-corrected chi connectivity index (χ1v) is 11.2. The summed E-state index contributed by atoms with van der Waals surface area (Å²) in [5.41, 5.74) is 5.08. The number of fused-ring (bicyclic) bond motifs is 1. The van der Waals surface area contributed by atoms with Gasteiger partial charge in [0.1, 0.15) is 0 Å². The molecule has 3 aromatic heterocycles. The van der Waals surface area contributed by atoms with Crippen LogP contribution in [0.3, 0.4) is 0 Å². The lowest BCUT2D eigenvalue weighted by atomic mass is 10.1. The van der Waals surface area contributed by atoms with Crippen molar-refractivity contribution in [1.82, 2.24) is 14.9 Å². The fourth-order valence-electron chi connectivity index (χ4n) is 3.59. The summed E-state index contributed by atoms with van der Waals surface area (Å²) in [5, 5.41) is 2.08. The molecule has 0 bridgehead atoms. The van der Waals surface area contributed by atoms with Crippen molar-refractivity contribution in [3.63, 3.8) is 0 Å². The summed E-state index contributed by atoms with van der Waals surface area (Å²) in [5.74, 6) is 0.864. The van der Waals surface area contributed by atoms with Gasteiger partial charge in [-0.15, -0.1) is 22.7 Å². The first-order valence-electron chi connectivity index (χ1n) is 9.51. The van der Waals surface area contributed by atoms with Crippen LogP contribution in [-0.2, 0) is 19.5 Å². The minimum Gasteiger partial charge on any atom is -0.293 e. The molecule has 3 nitrogen and oxygen atoms in total. The zero-order chi connectivity index (χ0) is 18.9. The second-order valence-electron chi connectivity index (χ2n) is 7.24. The molecule has 0 N–H and O–H groups in total. The molecule has 4 heterocycles. The second kappa shape index (κ2) is 7.59. The second-order valence-corrected chi connectivity index (χ2v) is 9.35. The number of hydrogen-bond donors (Lipinski definition) is 0. The number of hydrogen-bond acceptors (Lipinski definition) is 5. The van der Waals surface area contributed by atoms with Crippen molar-refractivity contribution in [1.29, 1.82) is 0 Å². The van der Waals surface area contributed by atoms with Gasteiger partial charge in [-0.25, -0.2) is 9.97 Å². The monoisotopic (exact) mass is 403 g/mol. The standard InChI is InChI=1S/C23H21N3S2/c1-16-4-6-17(7-5-16)21-9-8-19(28-21)15-26-11-10-20-18(14-26)13-24-23(25-20)22-3-2-12-27-22/h2-9,12-13H,10-11,14-15H2,1H3. The minimum atomic E-state index is 0.864. The van der Waals surface area contributed by atoms with Crippen LogP contribution in [0.4, 0.5) is 0 Å². The van der Waals surface area contributed by atoms with E-state index in [4.69, 9.17) is 4.98 Å². The topological polar surface area (TPSA) is 29.0 Å². The van der Waals surface area contributed by atoms with Gasteiger partial charge in [-0.05, 0) is 36.1 Å². The lowest BCUT2D eigenvalue weighted by Gasteiger charge is -2.27. The summed E-state index contributed by atoms with van der Waals surface area (Å²) in [6, 6.07) is 17.4.